The van der Waals surface area contributed by atoms with Gasteiger partial charge in [-0.05, 0) is 23.7 Å². The first-order chi connectivity index (χ1) is 15.7. The molecule has 0 aliphatic rings. The largest absolute Gasteiger partial charge is 0.495 e. The highest BCUT2D eigenvalue weighted by Crippen LogP contribution is 2.26. The van der Waals surface area contributed by atoms with Crippen molar-refractivity contribution >= 4 is 28.7 Å². The van der Waals surface area contributed by atoms with E-state index in [9.17, 15) is 4.79 Å². The third kappa shape index (κ3) is 4.87. The van der Waals surface area contributed by atoms with Crippen molar-refractivity contribution in [2.45, 2.75) is 12.5 Å². The van der Waals surface area contributed by atoms with Gasteiger partial charge in [0.2, 0.25) is 0 Å². The number of aromatic nitrogens is 3. The van der Waals surface area contributed by atoms with Crippen molar-refractivity contribution in [3.05, 3.63) is 89.8 Å². The fraction of sp³-hybridized carbons (Fsp3) is 0.125. The normalized spacial score (nSPS) is 11.5. The molecule has 0 radical (unpaired) electrons. The Labute approximate surface area is 189 Å². The zero-order chi connectivity index (χ0) is 22.3. The highest BCUT2D eigenvalue weighted by Gasteiger charge is 2.28. The van der Waals surface area contributed by atoms with E-state index in [2.05, 4.69) is 19.7 Å². The van der Waals surface area contributed by atoms with Crippen molar-refractivity contribution in [1.82, 2.24) is 14.3 Å². The highest BCUT2D eigenvalue weighted by atomic mass is 32.1. The predicted octanol–water partition coefficient (Wildman–Crippen LogP) is 4.53. The number of carbonyl (C=O) groups excluding carboxylic acids is 1. The molecule has 4 rings (SSSR count). The van der Waals surface area contributed by atoms with E-state index in [-0.39, 0.29) is 17.9 Å². The van der Waals surface area contributed by atoms with Gasteiger partial charge in [0.15, 0.2) is 5.78 Å². The van der Waals surface area contributed by atoms with Crippen LogP contribution in [0.15, 0.2) is 78.6 Å². The van der Waals surface area contributed by atoms with Crippen LogP contribution in [0, 0.1) is 5.41 Å². The number of ketones is 1. The highest BCUT2D eigenvalue weighted by molar-refractivity contribution is 7.04. The van der Waals surface area contributed by atoms with Gasteiger partial charge in [-0.2, -0.15) is 4.37 Å². The van der Waals surface area contributed by atoms with Gasteiger partial charge in [-0.1, -0.05) is 36.4 Å². The Morgan fingerprint density at radius 3 is 2.72 bits per heavy atom. The molecule has 0 amide bonds. The number of carbonyl (C=O) groups is 1. The van der Waals surface area contributed by atoms with Gasteiger partial charge in [0.1, 0.15) is 11.8 Å². The van der Waals surface area contributed by atoms with Gasteiger partial charge in [-0.15, -0.1) is 0 Å². The number of nitrogens with one attached hydrogen (secondary N) is 2. The number of pyridine rings is 2. The Bertz CT molecular complexity index is 1210. The lowest BCUT2D eigenvalue weighted by molar-refractivity contribution is 0.0990. The SMILES string of the molecule is COc1cncc(NC(C(=N)Cc2ccccn2)C(=O)c2csnc2-c2ccccc2)c1. The minimum absolute atomic E-state index is 0.196. The Kier molecular flexibility index (Phi) is 6.62. The maximum Gasteiger partial charge on any atom is 0.193 e. The van der Waals surface area contributed by atoms with Crippen LogP contribution in [0.2, 0.25) is 0 Å². The number of hydrogen-bond acceptors (Lipinski definition) is 8. The second-order valence-electron chi connectivity index (χ2n) is 7.02. The smallest absolute Gasteiger partial charge is 0.193 e. The zero-order valence-corrected chi connectivity index (χ0v) is 18.2. The van der Waals surface area contributed by atoms with Crippen LogP contribution in [0.3, 0.4) is 0 Å². The van der Waals surface area contributed by atoms with Crippen molar-refractivity contribution in [3.8, 4) is 17.0 Å². The molecule has 0 aliphatic heterocycles. The monoisotopic (exact) mass is 443 g/mol. The molecule has 0 spiro atoms. The number of benzene rings is 1. The Morgan fingerprint density at radius 1 is 1.16 bits per heavy atom. The molecule has 2 N–H and O–H groups in total. The molecule has 7 nitrogen and oxygen atoms in total. The van der Waals surface area contributed by atoms with Gasteiger partial charge in [0.25, 0.3) is 0 Å². The average molecular weight is 444 g/mol. The average Bonchev–Trinajstić information content (AvgIpc) is 3.33. The summed E-state index contributed by atoms with van der Waals surface area (Å²) in [6, 6.07) is 15.9. The van der Waals surface area contributed by atoms with Crippen LogP contribution in [0.25, 0.3) is 11.3 Å². The summed E-state index contributed by atoms with van der Waals surface area (Å²) in [6.07, 6.45) is 5.09. The summed E-state index contributed by atoms with van der Waals surface area (Å²) in [7, 11) is 1.55. The van der Waals surface area contributed by atoms with E-state index in [1.807, 2.05) is 48.5 Å². The maximum atomic E-state index is 13.7. The first-order valence-corrected chi connectivity index (χ1v) is 10.8. The molecule has 0 aliphatic carbocycles. The number of nitrogens with zero attached hydrogens (tertiary/aromatic N) is 3. The first-order valence-electron chi connectivity index (χ1n) is 9.92. The minimum Gasteiger partial charge on any atom is -0.495 e. The van der Waals surface area contributed by atoms with Crippen LogP contribution in [0.5, 0.6) is 5.75 Å². The zero-order valence-electron chi connectivity index (χ0n) is 17.4. The molecule has 1 atom stereocenters. The van der Waals surface area contributed by atoms with Crippen LogP contribution in [-0.2, 0) is 6.42 Å². The fourth-order valence-electron chi connectivity index (χ4n) is 3.26. The summed E-state index contributed by atoms with van der Waals surface area (Å²) in [6.45, 7) is 0. The molecule has 0 bridgehead atoms. The van der Waals surface area contributed by atoms with Gasteiger partial charge in [-0.3, -0.25) is 14.8 Å². The Morgan fingerprint density at radius 2 is 1.97 bits per heavy atom. The molecule has 0 saturated heterocycles. The number of anilines is 1. The standard InChI is InChI=1S/C24H21N5O2S/c1-31-19-11-18(13-26-14-19)28-23(21(25)12-17-9-5-6-10-27-17)24(30)20-15-32-29-22(20)16-7-3-2-4-8-16/h2-11,13-15,23,25,28H,12H2,1H3. The summed E-state index contributed by atoms with van der Waals surface area (Å²) in [5.41, 5.74) is 3.43. The van der Waals surface area contributed by atoms with Crippen molar-refractivity contribution in [3.63, 3.8) is 0 Å². The molecule has 3 heterocycles. The Balaban J connectivity index is 1.68. The van der Waals surface area contributed by atoms with Gasteiger partial charge in [0.05, 0.1) is 36.4 Å². The van der Waals surface area contributed by atoms with Crippen LogP contribution >= 0.6 is 11.5 Å². The number of hydrogen-bond donors (Lipinski definition) is 2. The fourth-order valence-corrected chi connectivity index (χ4v) is 3.95. The third-order valence-corrected chi connectivity index (χ3v) is 5.48. The third-order valence-electron chi connectivity index (χ3n) is 4.85. The number of rotatable bonds is 9. The number of ether oxygens (including phenoxy) is 1. The summed E-state index contributed by atoms with van der Waals surface area (Å²) in [4.78, 5) is 22.1. The number of methoxy groups -OCH3 is 1. The lowest BCUT2D eigenvalue weighted by Gasteiger charge is -2.20. The van der Waals surface area contributed by atoms with E-state index >= 15 is 0 Å². The van der Waals surface area contributed by atoms with Gasteiger partial charge in [0, 0.05) is 41.0 Å². The quantitative estimate of drug-likeness (QED) is 0.291. The van der Waals surface area contributed by atoms with Crippen molar-refractivity contribution in [2.24, 2.45) is 0 Å². The molecular formula is C24H21N5O2S. The van der Waals surface area contributed by atoms with Crippen molar-refractivity contribution < 1.29 is 9.53 Å². The van der Waals surface area contributed by atoms with Crippen LogP contribution in [-0.4, -0.2) is 39.0 Å². The van der Waals surface area contributed by atoms with Crippen LogP contribution in [0.1, 0.15) is 16.1 Å². The van der Waals surface area contributed by atoms with Gasteiger partial charge >= 0.3 is 0 Å². The van der Waals surface area contributed by atoms with E-state index in [1.165, 1.54) is 11.5 Å². The molecule has 0 fully saturated rings. The predicted molar refractivity (Wildman–Crippen MR) is 126 cm³/mol. The lowest BCUT2D eigenvalue weighted by Crippen LogP contribution is -2.38. The summed E-state index contributed by atoms with van der Waals surface area (Å²) < 4.78 is 9.69. The first kappa shape index (κ1) is 21.3. The van der Waals surface area contributed by atoms with Crippen molar-refractivity contribution in [1.29, 1.82) is 5.41 Å². The summed E-state index contributed by atoms with van der Waals surface area (Å²) in [5.74, 6) is 0.320. The van der Waals surface area contributed by atoms with E-state index < -0.39 is 6.04 Å². The second-order valence-corrected chi connectivity index (χ2v) is 7.65. The molecule has 1 aromatic carbocycles. The van der Waals surface area contributed by atoms with Gasteiger partial charge in [-0.25, -0.2) is 0 Å². The van der Waals surface area contributed by atoms with E-state index in [1.54, 1.807) is 37.1 Å². The molecule has 1 unspecified atom stereocenters. The molecule has 160 valence electrons. The van der Waals surface area contributed by atoms with Crippen LogP contribution < -0.4 is 10.1 Å². The molecule has 8 heteroatoms. The van der Waals surface area contributed by atoms with E-state index in [4.69, 9.17) is 10.1 Å². The van der Waals surface area contributed by atoms with Crippen LogP contribution in [0.4, 0.5) is 5.69 Å². The minimum atomic E-state index is -0.912. The van der Waals surface area contributed by atoms with Gasteiger partial charge < -0.3 is 15.5 Å². The second kappa shape index (κ2) is 9.93. The van der Waals surface area contributed by atoms with E-state index in [0.29, 0.717) is 28.4 Å². The molecule has 32 heavy (non-hydrogen) atoms. The lowest BCUT2D eigenvalue weighted by atomic mass is 9.95. The Hall–Kier alpha value is -3.91. The molecule has 0 saturated carbocycles. The molecule has 4 aromatic rings. The maximum absolute atomic E-state index is 13.7. The number of Topliss-reactive ketones (excluding diaryl/α,β-unsaturated/α-hetero) is 1. The van der Waals surface area contributed by atoms with Crippen molar-refractivity contribution in [2.75, 3.05) is 12.4 Å². The molecular weight excluding hydrogens is 422 g/mol. The summed E-state index contributed by atoms with van der Waals surface area (Å²) in [5, 5.41) is 13.7. The topological polar surface area (TPSA) is 101 Å². The summed E-state index contributed by atoms with van der Waals surface area (Å²) >= 11 is 1.22. The van der Waals surface area contributed by atoms with E-state index in [0.717, 1.165) is 5.56 Å². The molecule has 3 aromatic heterocycles.